The number of hydrogen-bond donors (Lipinski definition) is 2. The number of anilines is 1. The molecule has 6 nitrogen and oxygen atoms in total. The van der Waals surface area contributed by atoms with Crippen LogP contribution < -0.4 is 10.0 Å². The standard InChI is InChI=1S/C18H18N2O4S2/c1-19-26(22,23)13-9-7-12(8-10-13)20-18(21)17-15(11-25-2)14-5-3-4-6-16(14)24-17/h3-10,19H,11H2,1-2H3,(H,20,21). The minimum Gasteiger partial charge on any atom is -0.451 e. The number of sulfonamides is 1. The van der Waals surface area contributed by atoms with Crippen LogP contribution in [-0.2, 0) is 15.8 Å². The maximum absolute atomic E-state index is 12.7. The quantitative estimate of drug-likeness (QED) is 0.673. The van der Waals surface area contributed by atoms with E-state index >= 15 is 0 Å². The van der Waals surface area contributed by atoms with Gasteiger partial charge < -0.3 is 9.73 Å². The SMILES string of the molecule is CNS(=O)(=O)c1ccc(NC(=O)c2oc3ccccc3c2CSC)cc1. The molecule has 0 aliphatic rings. The molecule has 0 fully saturated rings. The van der Waals surface area contributed by atoms with Gasteiger partial charge in [0.1, 0.15) is 5.58 Å². The number of rotatable bonds is 6. The van der Waals surface area contributed by atoms with Gasteiger partial charge in [0.25, 0.3) is 5.91 Å². The highest BCUT2D eigenvalue weighted by Crippen LogP contribution is 2.29. The Labute approximate surface area is 156 Å². The Morgan fingerprint density at radius 2 is 1.81 bits per heavy atom. The second-order valence-electron chi connectivity index (χ2n) is 5.52. The van der Waals surface area contributed by atoms with Gasteiger partial charge in [0.15, 0.2) is 5.76 Å². The van der Waals surface area contributed by atoms with Crippen LogP contribution in [0.4, 0.5) is 5.69 Å². The van der Waals surface area contributed by atoms with Gasteiger partial charge >= 0.3 is 0 Å². The molecule has 0 unspecified atom stereocenters. The highest BCUT2D eigenvalue weighted by Gasteiger charge is 2.20. The summed E-state index contributed by atoms with van der Waals surface area (Å²) in [7, 11) is -2.16. The third-order valence-corrected chi connectivity index (χ3v) is 5.89. The van der Waals surface area contributed by atoms with Crippen LogP contribution >= 0.6 is 11.8 Å². The molecule has 0 aliphatic heterocycles. The third kappa shape index (κ3) is 3.62. The summed E-state index contributed by atoms with van der Waals surface area (Å²) in [6.45, 7) is 0. The van der Waals surface area contributed by atoms with Gasteiger partial charge in [0.05, 0.1) is 4.90 Å². The maximum Gasteiger partial charge on any atom is 0.291 e. The lowest BCUT2D eigenvalue weighted by Crippen LogP contribution is -2.18. The van der Waals surface area contributed by atoms with Gasteiger partial charge in [0.2, 0.25) is 10.0 Å². The molecule has 26 heavy (non-hydrogen) atoms. The number of fused-ring (bicyclic) bond motifs is 1. The van der Waals surface area contributed by atoms with Gasteiger partial charge in [-0.2, -0.15) is 11.8 Å². The second-order valence-corrected chi connectivity index (χ2v) is 8.28. The molecule has 0 bridgehead atoms. The Morgan fingerprint density at radius 1 is 1.12 bits per heavy atom. The van der Waals surface area contributed by atoms with Crippen LogP contribution in [0.15, 0.2) is 57.8 Å². The largest absolute Gasteiger partial charge is 0.451 e. The van der Waals surface area contributed by atoms with Crippen LogP contribution in [0.5, 0.6) is 0 Å². The minimum absolute atomic E-state index is 0.129. The molecule has 0 aliphatic carbocycles. The van der Waals surface area contributed by atoms with Gasteiger partial charge in [-0.05, 0) is 43.6 Å². The van der Waals surface area contributed by atoms with E-state index in [9.17, 15) is 13.2 Å². The van der Waals surface area contributed by atoms with Crippen molar-refractivity contribution in [3.63, 3.8) is 0 Å². The first-order valence-corrected chi connectivity index (χ1v) is 10.7. The predicted molar refractivity (Wildman–Crippen MR) is 104 cm³/mol. The molecule has 1 aromatic heterocycles. The van der Waals surface area contributed by atoms with Crippen molar-refractivity contribution in [3.05, 3.63) is 59.9 Å². The zero-order valence-corrected chi connectivity index (χ0v) is 15.9. The number of para-hydroxylation sites is 1. The number of furan rings is 1. The molecule has 0 saturated heterocycles. The van der Waals surface area contributed by atoms with Gasteiger partial charge in [-0.25, -0.2) is 13.1 Å². The monoisotopic (exact) mass is 390 g/mol. The van der Waals surface area contributed by atoms with Crippen molar-refractivity contribution in [1.29, 1.82) is 0 Å². The number of amides is 1. The van der Waals surface area contributed by atoms with Crippen LogP contribution in [0.25, 0.3) is 11.0 Å². The number of carbonyl (C=O) groups excluding carboxylic acids is 1. The number of hydrogen-bond acceptors (Lipinski definition) is 5. The minimum atomic E-state index is -3.51. The van der Waals surface area contributed by atoms with E-state index in [4.69, 9.17) is 4.42 Å². The summed E-state index contributed by atoms with van der Waals surface area (Å²) in [5, 5.41) is 3.68. The molecule has 0 atom stereocenters. The zero-order chi connectivity index (χ0) is 18.7. The lowest BCUT2D eigenvalue weighted by molar-refractivity contribution is 0.0998. The third-order valence-electron chi connectivity index (χ3n) is 3.88. The summed E-state index contributed by atoms with van der Waals surface area (Å²) in [6.07, 6.45) is 1.96. The molecule has 3 rings (SSSR count). The first kappa shape index (κ1) is 18.5. The van der Waals surface area contributed by atoms with Gasteiger partial charge in [0, 0.05) is 22.4 Å². The fraction of sp³-hybridized carbons (Fsp3) is 0.167. The summed E-state index contributed by atoms with van der Waals surface area (Å²) >= 11 is 1.61. The molecule has 136 valence electrons. The molecule has 2 aromatic carbocycles. The van der Waals surface area contributed by atoms with E-state index in [0.29, 0.717) is 17.0 Å². The van der Waals surface area contributed by atoms with E-state index in [0.717, 1.165) is 10.9 Å². The first-order valence-electron chi connectivity index (χ1n) is 7.80. The topological polar surface area (TPSA) is 88.4 Å². The second kappa shape index (κ2) is 7.53. The number of benzene rings is 2. The molecule has 8 heteroatoms. The van der Waals surface area contributed by atoms with Crippen molar-refractivity contribution in [2.45, 2.75) is 10.6 Å². The van der Waals surface area contributed by atoms with Crippen molar-refractivity contribution in [2.24, 2.45) is 0 Å². The molecule has 0 spiro atoms. The van der Waals surface area contributed by atoms with Crippen molar-refractivity contribution in [2.75, 3.05) is 18.6 Å². The fourth-order valence-corrected chi connectivity index (χ4v) is 3.90. The van der Waals surface area contributed by atoms with Gasteiger partial charge in [-0.1, -0.05) is 18.2 Å². The van der Waals surface area contributed by atoms with E-state index in [1.165, 1.54) is 19.2 Å². The molecule has 1 heterocycles. The lowest BCUT2D eigenvalue weighted by atomic mass is 10.1. The van der Waals surface area contributed by atoms with Gasteiger partial charge in [-0.3, -0.25) is 4.79 Å². The van der Waals surface area contributed by atoms with Crippen LogP contribution in [0.2, 0.25) is 0 Å². The van der Waals surface area contributed by atoms with E-state index in [2.05, 4.69) is 10.0 Å². The van der Waals surface area contributed by atoms with Gasteiger partial charge in [-0.15, -0.1) is 0 Å². The molecular formula is C18H18N2O4S2. The summed E-state index contributed by atoms with van der Waals surface area (Å²) in [4.78, 5) is 12.8. The van der Waals surface area contributed by atoms with Crippen molar-refractivity contribution >= 4 is 44.3 Å². The summed E-state index contributed by atoms with van der Waals surface area (Å²) in [5.41, 5.74) is 2.00. The van der Waals surface area contributed by atoms with Crippen LogP contribution in [0.1, 0.15) is 16.1 Å². The molecule has 1 amide bonds. The van der Waals surface area contributed by atoms with E-state index in [1.54, 1.807) is 23.9 Å². The van der Waals surface area contributed by atoms with E-state index in [-0.39, 0.29) is 16.6 Å². The normalized spacial score (nSPS) is 11.6. The average molecular weight is 390 g/mol. The first-order chi connectivity index (χ1) is 12.5. The Bertz CT molecular complexity index is 1040. The molecule has 0 saturated carbocycles. The number of thioether (sulfide) groups is 1. The highest BCUT2D eigenvalue weighted by atomic mass is 32.2. The Hall–Kier alpha value is -2.29. The molecule has 3 aromatic rings. The zero-order valence-electron chi connectivity index (χ0n) is 14.3. The Kier molecular flexibility index (Phi) is 5.36. The molecular weight excluding hydrogens is 372 g/mol. The average Bonchev–Trinajstić information content (AvgIpc) is 3.01. The Balaban J connectivity index is 1.89. The van der Waals surface area contributed by atoms with Crippen LogP contribution in [-0.4, -0.2) is 27.6 Å². The Morgan fingerprint density at radius 3 is 2.46 bits per heavy atom. The smallest absolute Gasteiger partial charge is 0.291 e. The van der Waals surface area contributed by atoms with E-state index in [1.807, 2.05) is 30.5 Å². The van der Waals surface area contributed by atoms with Crippen molar-refractivity contribution < 1.29 is 17.6 Å². The molecule has 0 radical (unpaired) electrons. The lowest BCUT2D eigenvalue weighted by Gasteiger charge is -2.07. The van der Waals surface area contributed by atoms with Crippen molar-refractivity contribution in [3.8, 4) is 0 Å². The fourth-order valence-electron chi connectivity index (χ4n) is 2.59. The van der Waals surface area contributed by atoms with E-state index < -0.39 is 10.0 Å². The van der Waals surface area contributed by atoms with Crippen molar-refractivity contribution in [1.82, 2.24) is 4.72 Å². The maximum atomic E-state index is 12.7. The number of nitrogens with one attached hydrogen (secondary N) is 2. The van der Waals surface area contributed by atoms with Crippen LogP contribution in [0.3, 0.4) is 0 Å². The number of carbonyl (C=O) groups is 1. The summed E-state index contributed by atoms with van der Waals surface area (Å²) < 4.78 is 31.5. The van der Waals surface area contributed by atoms with Crippen LogP contribution in [0, 0.1) is 0 Å². The summed E-state index contributed by atoms with van der Waals surface area (Å²) in [6, 6.07) is 13.5. The predicted octanol–water partition coefficient (Wildman–Crippen LogP) is 3.46. The molecule has 2 N–H and O–H groups in total. The summed E-state index contributed by atoms with van der Waals surface area (Å²) in [5.74, 6) is 0.556. The highest BCUT2D eigenvalue weighted by molar-refractivity contribution is 7.97.